The first-order valence-electron chi connectivity index (χ1n) is 6.29. The van der Waals surface area contributed by atoms with E-state index in [9.17, 15) is 14.0 Å². The molecule has 3 rings (SSSR count). The number of hydrogen-bond donors (Lipinski definition) is 2. The fourth-order valence-corrected chi connectivity index (χ4v) is 2.31. The molecule has 3 aromatic rings. The average Bonchev–Trinajstić information content (AvgIpc) is 2.49. The lowest BCUT2D eigenvalue weighted by atomic mass is 10.2. The predicted molar refractivity (Wildman–Crippen MR) is 84.4 cm³/mol. The van der Waals surface area contributed by atoms with E-state index >= 15 is 0 Å². The number of amides is 1. The number of nitrogens with one attached hydrogen (secondary N) is 2. The number of hydrogen-bond acceptors (Lipinski definition) is 3. The van der Waals surface area contributed by atoms with Gasteiger partial charge in [-0.3, -0.25) is 19.9 Å². The van der Waals surface area contributed by atoms with Crippen LogP contribution in [0.5, 0.6) is 0 Å². The van der Waals surface area contributed by atoms with Crippen molar-refractivity contribution in [1.82, 2.24) is 9.97 Å². The van der Waals surface area contributed by atoms with Gasteiger partial charge in [0.05, 0.1) is 10.9 Å². The molecule has 0 aliphatic carbocycles. The third-order valence-electron chi connectivity index (χ3n) is 3.01. The Morgan fingerprint density at radius 1 is 1.18 bits per heavy atom. The molecule has 0 atom stereocenters. The molecule has 110 valence electrons. The van der Waals surface area contributed by atoms with Gasteiger partial charge in [-0.25, -0.2) is 9.37 Å². The Morgan fingerprint density at radius 2 is 1.91 bits per heavy atom. The normalized spacial score (nSPS) is 10.6. The first kappa shape index (κ1) is 14.4. The van der Waals surface area contributed by atoms with Gasteiger partial charge in [0.1, 0.15) is 5.82 Å². The summed E-state index contributed by atoms with van der Waals surface area (Å²) in [6, 6.07) is 10.1. The van der Waals surface area contributed by atoms with Gasteiger partial charge in [0.25, 0.3) is 11.5 Å². The van der Waals surface area contributed by atoms with E-state index in [4.69, 9.17) is 0 Å². The van der Waals surface area contributed by atoms with E-state index in [-0.39, 0.29) is 17.1 Å². The number of nitrogens with zero attached hydrogens (tertiary/aromatic N) is 1. The highest BCUT2D eigenvalue weighted by Gasteiger charge is 2.09. The highest BCUT2D eigenvalue weighted by atomic mass is 79.9. The first-order chi connectivity index (χ1) is 10.5. The maximum Gasteiger partial charge on any atom is 0.260 e. The molecule has 0 saturated heterocycles. The zero-order valence-corrected chi connectivity index (χ0v) is 12.6. The van der Waals surface area contributed by atoms with E-state index in [1.54, 1.807) is 18.2 Å². The molecule has 0 spiro atoms. The Kier molecular flexibility index (Phi) is 3.72. The summed E-state index contributed by atoms with van der Waals surface area (Å²) in [4.78, 5) is 30.7. The van der Waals surface area contributed by atoms with Crippen molar-refractivity contribution < 1.29 is 9.18 Å². The van der Waals surface area contributed by atoms with E-state index < -0.39 is 11.7 Å². The topological polar surface area (TPSA) is 74.8 Å². The predicted octanol–water partition coefficient (Wildman–Crippen LogP) is 3.08. The van der Waals surface area contributed by atoms with Crippen molar-refractivity contribution in [3.63, 3.8) is 0 Å². The van der Waals surface area contributed by atoms with Crippen LogP contribution in [-0.4, -0.2) is 15.9 Å². The fourth-order valence-electron chi connectivity index (χ4n) is 1.95. The Morgan fingerprint density at radius 3 is 2.64 bits per heavy atom. The molecule has 2 N–H and O–H groups in total. The van der Waals surface area contributed by atoms with E-state index in [1.165, 1.54) is 24.3 Å². The summed E-state index contributed by atoms with van der Waals surface area (Å²) in [5.74, 6) is -0.881. The van der Waals surface area contributed by atoms with Gasteiger partial charge in [0.2, 0.25) is 5.95 Å². The Hall–Kier alpha value is -2.54. The summed E-state index contributed by atoms with van der Waals surface area (Å²) in [6.45, 7) is 0. The average molecular weight is 362 g/mol. The second-order valence-corrected chi connectivity index (χ2v) is 5.45. The number of carbonyl (C=O) groups is 1. The van der Waals surface area contributed by atoms with Gasteiger partial charge in [0, 0.05) is 10.0 Å². The smallest absolute Gasteiger partial charge is 0.260 e. The molecule has 0 aliphatic rings. The number of anilines is 1. The van der Waals surface area contributed by atoms with E-state index in [1.807, 2.05) is 0 Å². The highest BCUT2D eigenvalue weighted by Crippen LogP contribution is 2.16. The van der Waals surface area contributed by atoms with E-state index in [2.05, 4.69) is 31.2 Å². The molecule has 0 unspecified atom stereocenters. The van der Waals surface area contributed by atoms with Crippen LogP contribution < -0.4 is 10.9 Å². The third-order valence-corrected chi connectivity index (χ3v) is 3.50. The van der Waals surface area contributed by atoms with Crippen LogP contribution in [0.2, 0.25) is 0 Å². The lowest BCUT2D eigenvalue weighted by molar-refractivity contribution is 0.102. The molecule has 5 nitrogen and oxygen atoms in total. The van der Waals surface area contributed by atoms with E-state index in [0.717, 1.165) is 4.47 Å². The van der Waals surface area contributed by atoms with Gasteiger partial charge in [-0.1, -0.05) is 15.9 Å². The minimum absolute atomic E-state index is 0.0362. The van der Waals surface area contributed by atoms with Crippen LogP contribution in [-0.2, 0) is 0 Å². The third kappa shape index (κ3) is 2.89. The largest absolute Gasteiger partial charge is 0.292 e. The monoisotopic (exact) mass is 361 g/mol. The van der Waals surface area contributed by atoms with Crippen molar-refractivity contribution in [3.8, 4) is 0 Å². The minimum atomic E-state index is -0.486. The molecule has 0 bridgehead atoms. The quantitative estimate of drug-likeness (QED) is 0.736. The van der Waals surface area contributed by atoms with Crippen LogP contribution in [0.25, 0.3) is 10.9 Å². The van der Waals surface area contributed by atoms with Gasteiger partial charge in [-0.2, -0.15) is 0 Å². The number of halogens is 2. The number of H-pyrrole nitrogens is 1. The Labute approximate surface area is 132 Å². The van der Waals surface area contributed by atoms with Crippen LogP contribution in [0, 0.1) is 5.82 Å². The fraction of sp³-hybridized carbons (Fsp3) is 0. The Bertz CT molecular complexity index is 922. The zero-order chi connectivity index (χ0) is 15.7. The molecule has 1 amide bonds. The maximum absolute atomic E-state index is 12.8. The van der Waals surface area contributed by atoms with Crippen LogP contribution in [0.1, 0.15) is 10.4 Å². The summed E-state index contributed by atoms with van der Waals surface area (Å²) in [6.07, 6.45) is 0. The molecule has 1 heterocycles. The summed E-state index contributed by atoms with van der Waals surface area (Å²) in [5.41, 5.74) is 0.363. The second-order valence-electron chi connectivity index (χ2n) is 4.54. The zero-order valence-electron chi connectivity index (χ0n) is 11.1. The van der Waals surface area contributed by atoms with Crippen LogP contribution in [0.4, 0.5) is 10.3 Å². The molecule has 0 saturated carbocycles. The summed E-state index contributed by atoms with van der Waals surface area (Å²) >= 11 is 3.28. The summed E-state index contributed by atoms with van der Waals surface area (Å²) < 4.78 is 13.6. The minimum Gasteiger partial charge on any atom is -0.292 e. The van der Waals surface area contributed by atoms with Crippen molar-refractivity contribution >= 4 is 38.7 Å². The molecule has 7 heteroatoms. The molecule has 0 radical (unpaired) electrons. The SMILES string of the molecule is O=C(Nc1nc2ccc(Br)cc2c(=O)[nH]1)c1ccc(F)cc1. The lowest BCUT2D eigenvalue weighted by Crippen LogP contribution is -2.18. The molecule has 0 fully saturated rings. The molecule has 22 heavy (non-hydrogen) atoms. The van der Waals surface area contributed by atoms with Crippen molar-refractivity contribution in [1.29, 1.82) is 0 Å². The van der Waals surface area contributed by atoms with Crippen LogP contribution in [0.3, 0.4) is 0 Å². The van der Waals surface area contributed by atoms with Crippen molar-refractivity contribution in [2.24, 2.45) is 0 Å². The first-order valence-corrected chi connectivity index (χ1v) is 7.09. The molecule has 2 aromatic carbocycles. The van der Waals surface area contributed by atoms with Crippen molar-refractivity contribution in [2.45, 2.75) is 0 Å². The van der Waals surface area contributed by atoms with Crippen LogP contribution >= 0.6 is 15.9 Å². The van der Waals surface area contributed by atoms with Crippen molar-refractivity contribution in [3.05, 3.63) is 68.7 Å². The number of fused-ring (bicyclic) bond motifs is 1. The molecular weight excluding hydrogens is 353 g/mol. The number of benzene rings is 2. The van der Waals surface area contributed by atoms with Gasteiger partial charge in [-0.15, -0.1) is 0 Å². The number of aromatic nitrogens is 2. The standard InChI is InChI=1S/C15H9BrFN3O2/c16-9-3-6-12-11(7-9)14(22)20-15(18-12)19-13(21)8-1-4-10(17)5-2-8/h1-7H,(H2,18,19,20,21,22). The van der Waals surface area contributed by atoms with Crippen LogP contribution in [0.15, 0.2) is 51.7 Å². The second kappa shape index (κ2) is 5.69. The van der Waals surface area contributed by atoms with Crippen molar-refractivity contribution in [2.75, 3.05) is 5.32 Å². The van der Waals surface area contributed by atoms with Gasteiger partial charge < -0.3 is 0 Å². The lowest BCUT2D eigenvalue weighted by Gasteiger charge is -2.05. The molecule has 1 aromatic heterocycles. The number of rotatable bonds is 2. The van der Waals surface area contributed by atoms with E-state index in [0.29, 0.717) is 10.9 Å². The van der Waals surface area contributed by atoms with Gasteiger partial charge in [0.15, 0.2) is 0 Å². The summed E-state index contributed by atoms with van der Waals surface area (Å²) in [7, 11) is 0. The van der Waals surface area contributed by atoms with Gasteiger partial charge in [-0.05, 0) is 42.5 Å². The Balaban J connectivity index is 1.94. The highest BCUT2D eigenvalue weighted by molar-refractivity contribution is 9.10. The number of carbonyl (C=O) groups excluding carboxylic acids is 1. The summed E-state index contributed by atoms with van der Waals surface area (Å²) in [5, 5.41) is 2.90. The number of aromatic amines is 1. The maximum atomic E-state index is 12.8. The molecule has 0 aliphatic heterocycles. The van der Waals surface area contributed by atoms with Gasteiger partial charge >= 0.3 is 0 Å². The molecular formula is C15H9BrFN3O2.